The molecule has 0 saturated carbocycles. The summed E-state index contributed by atoms with van der Waals surface area (Å²) in [5.41, 5.74) is 6.04. The summed E-state index contributed by atoms with van der Waals surface area (Å²) >= 11 is 14.7. The minimum absolute atomic E-state index is 0.0679. The Morgan fingerprint density at radius 3 is 0.897 bits per heavy atom. The van der Waals surface area contributed by atoms with Gasteiger partial charge in [-0.05, 0) is 36.4 Å². The van der Waals surface area contributed by atoms with Crippen LogP contribution in [0, 0.1) is 48.8 Å². The molecule has 0 aliphatic carbocycles. The van der Waals surface area contributed by atoms with E-state index >= 15 is 0 Å². The normalized spacial score (nSPS) is 11.0. The van der Waals surface area contributed by atoms with Gasteiger partial charge >= 0.3 is 0 Å². The average Bonchev–Trinajstić information content (AvgIpc) is 4.31. The van der Waals surface area contributed by atoms with Crippen molar-refractivity contribution in [1.82, 2.24) is 74.7 Å². The summed E-state index contributed by atoms with van der Waals surface area (Å²) in [6, 6.07) is 29.4. The van der Waals surface area contributed by atoms with E-state index < -0.39 is 17.5 Å². The van der Waals surface area contributed by atoms with Crippen LogP contribution >= 0.6 is 36.7 Å². The maximum atomic E-state index is 14.0. The van der Waals surface area contributed by atoms with Crippen LogP contribution < -0.4 is 0 Å². The molecule has 3 N–H and O–H groups in total. The molecular formula is C51H33F6N15O3S3. The first-order valence-corrected chi connectivity index (χ1v) is 24.0. The van der Waals surface area contributed by atoms with Crippen molar-refractivity contribution in [3.05, 3.63) is 212 Å². The Morgan fingerprint density at radius 2 is 0.654 bits per heavy atom. The van der Waals surface area contributed by atoms with Gasteiger partial charge in [0.1, 0.15) is 84.3 Å². The summed E-state index contributed by atoms with van der Waals surface area (Å²) in [5.74, 6) is -1.97. The second-order valence-corrected chi connectivity index (χ2v) is 17.6. The molecule has 12 rings (SSSR count). The van der Waals surface area contributed by atoms with Gasteiger partial charge in [0.25, 0.3) is 0 Å². The summed E-state index contributed by atoms with van der Waals surface area (Å²) in [6.45, 7) is 0.532. The smallest absolute Gasteiger partial charge is 0.176 e. The zero-order chi connectivity index (χ0) is 54.3. The van der Waals surface area contributed by atoms with Gasteiger partial charge in [0.15, 0.2) is 34.9 Å². The first kappa shape index (κ1) is 51.9. The average molecular weight is 1110 g/mol. The van der Waals surface area contributed by atoms with Crippen LogP contribution in [0.4, 0.5) is 26.3 Å². The third-order valence-corrected chi connectivity index (χ3v) is 12.2. The van der Waals surface area contributed by atoms with Gasteiger partial charge in [-0.15, -0.1) is 0 Å². The van der Waals surface area contributed by atoms with Crippen molar-refractivity contribution < 1.29 is 39.9 Å². The van der Waals surface area contributed by atoms with Gasteiger partial charge in [0.05, 0.1) is 55.3 Å². The maximum absolute atomic E-state index is 14.0. The molecule has 0 aliphatic rings. The number of nitrogens with zero attached hydrogens (tertiary/aromatic N) is 12. The highest BCUT2D eigenvalue weighted by molar-refractivity contribution is 7.71. The SMILES string of the molecule is Fc1ccccc1Cn1nc(-c2ncc(F)c(=S)[nH]2)cc1-c1ccon1.Fc1ccccc1Cn1nc(-c2ncc(F)c(=S)[nH]2)cc1-c1ccon1.Fc1ccccc1Cn1nc(-c2ncc(F)c(=S)[nH]2)cc1-c1ccon1. The van der Waals surface area contributed by atoms with E-state index in [-0.39, 0.29) is 51.0 Å². The van der Waals surface area contributed by atoms with E-state index in [2.05, 4.69) is 60.7 Å². The molecule has 18 nitrogen and oxygen atoms in total. The summed E-state index contributed by atoms with van der Waals surface area (Å²) in [6.07, 6.45) is 7.37. The van der Waals surface area contributed by atoms with Gasteiger partial charge in [-0.3, -0.25) is 14.0 Å². The number of halogens is 6. The number of H-pyrrole nitrogens is 3. The predicted molar refractivity (Wildman–Crippen MR) is 275 cm³/mol. The molecule has 9 heterocycles. The Morgan fingerprint density at radius 1 is 0.372 bits per heavy atom. The van der Waals surface area contributed by atoms with Crippen molar-refractivity contribution >= 4 is 36.7 Å². The zero-order valence-corrected chi connectivity index (χ0v) is 42.0. The highest BCUT2D eigenvalue weighted by atomic mass is 32.1. The van der Waals surface area contributed by atoms with Crippen molar-refractivity contribution in [2.75, 3.05) is 0 Å². The lowest BCUT2D eigenvalue weighted by Crippen LogP contribution is -2.06. The molecule has 78 heavy (non-hydrogen) atoms. The van der Waals surface area contributed by atoms with Crippen molar-refractivity contribution in [1.29, 1.82) is 0 Å². The Bertz CT molecular complexity index is 3790. The monoisotopic (exact) mass is 1110 g/mol. The topological polar surface area (TPSA) is 218 Å². The van der Waals surface area contributed by atoms with Crippen LogP contribution in [0.1, 0.15) is 16.7 Å². The van der Waals surface area contributed by atoms with E-state index in [4.69, 9.17) is 50.2 Å². The fraction of sp³-hybridized carbons (Fsp3) is 0.0588. The lowest BCUT2D eigenvalue weighted by atomic mass is 10.2. The molecule has 0 bridgehead atoms. The van der Waals surface area contributed by atoms with E-state index in [9.17, 15) is 26.3 Å². The van der Waals surface area contributed by atoms with E-state index in [1.54, 1.807) is 105 Å². The number of rotatable bonds is 12. The van der Waals surface area contributed by atoms with Crippen molar-refractivity contribution in [3.8, 4) is 68.7 Å². The van der Waals surface area contributed by atoms with Crippen LogP contribution in [0.2, 0.25) is 0 Å². The zero-order valence-electron chi connectivity index (χ0n) is 39.6. The Hall–Kier alpha value is -9.60. The molecule has 27 heteroatoms. The van der Waals surface area contributed by atoms with Crippen LogP contribution in [-0.2, 0) is 19.6 Å². The Kier molecular flexibility index (Phi) is 15.4. The van der Waals surface area contributed by atoms with Crippen molar-refractivity contribution in [2.24, 2.45) is 0 Å². The number of benzene rings is 3. The number of hydrogen-bond acceptors (Lipinski definition) is 15. The molecule has 0 aliphatic heterocycles. The molecule has 0 atom stereocenters. The second-order valence-electron chi connectivity index (χ2n) is 16.4. The van der Waals surface area contributed by atoms with E-state index in [0.717, 1.165) is 18.6 Å². The predicted octanol–water partition coefficient (Wildman–Crippen LogP) is 12.0. The van der Waals surface area contributed by atoms with Crippen LogP contribution in [-0.4, -0.2) is 74.7 Å². The molecule has 12 aromatic rings. The van der Waals surface area contributed by atoms with E-state index in [1.165, 1.54) is 37.0 Å². The number of hydrogen-bond donors (Lipinski definition) is 3. The third-order valence-electron chi connectivity index (χ3n) is 11.3. The molecule has 3 aromatic carbocycles. The summed E-state index contributed by atoms with van der Waals surface area (Å²) in [4.78, 5) is 20.0. The molecule has 0 spiro atoms. The molecule has 390 valence electrons. The molecular weight excluding hydrogens is 1080 g/mol. The molecule has 0 amide bonds. The van der Waals surface area contributed by atoms with Gasteiger partial charge in [-0.25, -0.2) is 41.3 Å². The van der Waals surface area contributed by atoms with Crippen LogP contribution in [0.15, 0.2) is 160 Å². The van der Waals surface area contributed by atoms with Crippen LogP contribution in [0.25, 0.3) is 68.7 Å². The highest BCUT2D eigenvalue weighted by Gasteiger charge is 2.20. The van der Waals surface area contributed by atoms with E-state index in [1.807, 2.05) is 0 Å². The highest BCUT2D eigenvalue weighted by Crippen LogP contribution is 2.28. The molecule has 9 aromatic heterocycles. The Labute approximate surface area is 449 Å². The van der Waals surface area contributed by atoms with Gasteiger partial charge in [0.2, 0.25) is 0 Å². The van der Waals surface area contributed by atoms with Crippen LogP contribution in [0.3, 0.4) is 0 Å². The lowest BCUT2D eigenvalue weighted by molar-refractivity contribution is 0.421. The van der Waals surface area contributed by atoms with Crippen molar-refractivity contribution in [3.63, 3.8) is 0 Å². The first-order chi connectivity index (χ1) is 37.8. The Balaban J connectivity index is 0.000000132. The minimum atomic E-state index is -0.619. The second kappa shape index (κ2) is 23.1. The van der Waals surface area contributed by atoms with Crippen molar-refractivity contribution in [2.45, 2.75) is 19.6 Å². The molecule has 0 fully saturated rings. The summed E-state index contributed by atoms with van der Waals surface area (Å²) in [5, 5.41) is 25.1. The van der Waals surface area contributed by atoms with Gasteiger partial charge in [0, 0.05) is 34.9 Å². The fourth-order valence-electron chi connectivity index (χ4n) is 7.50. The molecule has 0 unspecified atom stereocenters. The van der Waals surface area contributed by atoms with Crippen LogP contribution in [0.5, 0.6) is 0 Å². The number of aromatic amines is 3. The summed E-state index contributed by atoms with van der Waals surface area (Å²) < 4.78 is 101. The largest absolute Gasteiger partial charge is 0.364 e. The first-order valence-electron chi connectivity index (χ1n) is 22.8. The van der Waals surface area contributed by atoms with Gasteiger partial charge in [-0.2, -0.15) is 15.3 Å². The minimum Gasteiger partial charge on any atom is -0.364 e. The lowest BCUT2D eigenvalue weighted by Gasteiger charge is -2.06. The fourth-order valence-corrected chi connectivity index (χ4v) is 7.95. The number of nitrogens with one attached hydrogen (secondary N) is 3. The summed E-state index contributed by atoms with van der Waals surface area (Å²) in [7, 11) is 0. The quantitative estimate of drug-likeness (QED) is 0.0765. The standard InChI is InChI=1S/3C17H11F2N5OS/c3*18-11-4-2-1-3-10(11)9-24-15(13-5-6-25-23-13)7-14(22-24)16-20-8-12(19)17(26)21-16/h3*1-8H,9H2,(H,20,21,26). The van der Waals surface area contributed by atoms with Gasteiger partial charge in [-0.1, -0.05) is 107 Å². The van der Waals surface area contributed by atoms with Gasteiger partial charge < -0.3 is 28.5 Å². The maximum Gasteiger partial charge on any atom is 0.176 e. The van der Waals surface area contributed by atoms with E-state index in [0.29, 0.717) is 85.4 Å². The molecule has 0 saturated heterocycles. The molecule has 0 radical (unpaired) electrons. The number of aromatic nitrogens is 15. The third kappa shape index (κ3) is 11.8.